The van der Waals surface area contributed by atoms with E-state index in [-0.39, 0.29) is 24.8 Å². The Balaban J connectivity index is 1.44. The molecule has 2 aliphatic rings. The van der Waals surface area contributed by atoms with E-state index < -0.39 is 23.6 Å². The lowest BCUT2D eigenvalue weighted by Crippen LogP contribution is -2.49. The van der Waals surface area contributed by atoms with Gasteiger partial charge in [0.2, 0.25) is 11.8 Å². The number of nitrogens with one attached hydrogen (secondary N) is 1. The fourth-order valence-corrected chi connectivity index (χ4v) is 5.05. The molecule has 0 saturated carbocycles. The Labute approximate surface area is 206 Å². The first-order valence-electron chi connectivity index (χ1n) is 12.3. The zero-order valence-electron chi connectivity index (χ0n) is 21.1. The topological polar surface area (TPSA) is 107 Å². The smallest absolute Gasteiger partial charge is 0.248 e. The summed E-state index contributed by atoms with van der Waals surface area (Å²) in [5, 5.41) is 21.5. The van der Waals surface area contributed by atoms with Gasteiger partial charge in [-0.05, 0) is 17.5 Å². The number of piperazine rings is 1. The van der Waals surface area contributed by atoms with Crippen LogP contribution in [0.15, 0.2) is 36.5 Å². The van der Waals surface area contributed by atoms with Gasteiger partial charge in [-0.15, -0.1) is 5.10 Å². The van der Waals surface area contributed by atoms with E-state index in [1.165, 1.54) is 10.6 Å². The summed E-state index contributed by atoms with van der Waals surface area (Å²) in [7, 11) is 1.54. The van der Waals surface area contributed by atoms with Crippen LogP contribution >= 0.6 is 0 Å². The predicted octanol–water partition coefficient (Wildman–Crippen LogP) is 0.895. The maximum atomic E-state index is 13.7. The van der Waals surface area contributed by atoms with Crippen molar-refractivity contribution < 1.29 is 14.7 Å². The van der Waals surface area contributed by atoms with Gasteiger partial charge in [-0.1, -0.05) is 44.2 Å². The highest BCUT2D eigenvalue weighted by atomic mass is 16.3. The number of hydrogen-bond acceptors (Lipinski definition) is 7. The van der Waals surface area contributed by atoms with Crippen LogP contribution in [0.2, 0.25) is 0 Å². The van der Waals surface area contributed by atoms with Crippen LogP contribution in [0.25, 0.3) is 0 Å². The fourth-order valence-electron chi connectivity index (χ4n) is 5.05. The molecule has 1 aromatic carbocycles. The lowest BCUT2D eigenvalue weighted by atomic mass is 9.85. The Hall–Kier alpha value is -2.98. The number of hydrogen-bond donors (Lipinski definition) is 2. The number of anilines is 1. The average Bonchev–Trinajstić information content (AvgIpc) is 3.45. The Morgan fingerprint density at radius 2 is 1.83 bits per heavy atom. The number of likely N-dealkylation sites (tertiary alicyclic amines) is 1. The molecule has 2 aliphatic heterocycles. The maximum absolute atomic E-state index is 13.7. The van der Waals surface area contributed by atoms with Crippen molar-refractivity contribution >= 4 is 17.5 Å². The van der Waals surface area contributed by atoms with Gasteiger partial charge in [0, 0.05) is 58.4 Å². The molecule has 3 atom stereocenters. The van der Waals surface area contributed by atoms with Crippen molar-refractivity contribution in [2.24, 2.45) is 5.41 Å². The number of carbonyl (C=O) groups is 2. The number of β-amino-alcohol motifs (C(OH)–C–C–N with tert-alkyl or cyclic N) is 1. The molecule has 2 N–H and O–H groups in total. The molecule has 1 aromatic heterocycles. The van der Waals surface area contributed by atoms with Crippen molar-refractivity contribution in [2.45, 2.75) is 51.9 Å². The zero-order chi connectivity index (χ0) is 25.2. The molecule has 0 spiro atoms. The number of likely N-dealkylation sites (N-methyl/N-ethyl adjacent to an activating group) is 1. The number of aliphatic hydroxyl groups excluding tert-OH is 1. The molecule has 190 valence electrons. The van der Waals surface area contributed by atoms with Gasteiger partial charge < -0.3 is 20.2 Å². The normalized spacial score (nSPS) is 22.3. The van der Waals surface area contributed by atoms with Crippen LogP contribution in [0.4, 0.5) is 5.69 Å². The number of para-hydroxylation sites is 1. The number of rotatable bonds is 6. The summed E-state index contributed by atoms with van der Waals surface area (Å²) in [5.74, 6) is -0.493. The molecule has 2 amide bonds. The summed E-state index contributed by atoms with van der Waals surface area (Å²) >= 11 is 0. The second-order valence-corrected chi connectivity index (χ2v) is 10.6. The third kappa shape index (κ3) is 5.65. The summed E-state index contributed by atoms with van der Waals surface area (Å²) in [5.41, 5.74) is 1.58. The maximum Gasteiger partial charge on any atom is 0.248 e. The Bertz CT molecular complexity index is 1010. The van der Waals surface area contributed by atoms with Gasteiger partial charge in [0.25, 0.3) is 0 Å². The third-order valence-electron chi connectivity index (χ3n) is 6.87. The molecule has 10 heteroatoms. The molecule has 2 saturated heterocycles. The molecule has 4 rings (SSSR count). The van der Waals surface area contributed by atoms with E-state index in [9.17, 15) is 14.7 Å². The first-order valence-corrected chi connectivity index (χ1v) is 12.3. The van der Waals surface area contributed by atoms with E-state index in [0.29, 0.717) is 6.54 Å². The van der Waals surface area contributed by atoms with E-state index in [1.807, 2.05) is 33.0 Å². The zero-order valence-corrected chi connectivity index (χ0v) is 21.1. The molecule has 2 unspecified atom stereocenters. The van der Waals surface area contributed by atoms with Crippen LogP contribution in [-0.4, -0.2) is 93.6 Å². The number of nitrogens with zero attached hydrogens (tertiary/aromatic N) is 6. The van der Waals surface area contributed by atoms with E-state index in [0.717, 1.165) is 31.9 Å². The number of benzene rings is 1. The van der Waals surface area contributed by atoms with Crippen molar-refractivity contribution in [2.75, 3.05) is 44.7 Å². The highest BCUT2D eigenvalue weighted by Crippen LogP contribution is 2.34. The van der Waals surface area contributed by atoms with Crippen LogP contribution < -0.4 is 10.2 Å². The first-order chi connectivity index (χ1) is 16.7. The standard InChI is InChI=1S/C25H37N7O3/c1-25(2,3)22(24(35)31-17-20(33)14-21(31)23(34)26-4)32-16-18(27-28-32)15-29-10-12-30(13-11-29)19-8-6-5-7-9-19/h5-9,16,20-22,33H,10-15,17H2,1-4H3,(H,26,34)/t20?,21-,22?/m1/s1. The van der Waals surface area contributed by atoms with E-state index in [2.05, 4.69) is 49.7 Å². The third-order valence-corrected chi connectivity index (χ3v) is 6.87. The van der Waals surface area contributed by atoms with E-state index in [4.69, 9.17) is 0 Å². The first kappa shape index (κ1) is 25.1. The summed E-state index contributed by atoms with van der Waals surface area (Å²) in [6.45, 7) is 10.4. The summed E-state index contributed by atoms with van der Waals surface area (Å²) in [6, 6.07) is 9.10. The SMILES string of the molecule is CNC(=O)[C@H]1CC(O)CN1C(=O)C(n1cc(CN2CCN(c3ccccc3)CC2)nn1)C(C)(C)C. The van der Waals surface area contributed by atoms with Gasteiger partial charge in [-0.25, -0.2) is 4.68 Å². The molecule has 0 radical (unpaired) electrons. The second kappa shape index (κ2) is 10.3. The number of carbonyl (C=O) groups excluding carboxylic acids is 2. The van der Waals surface area contributed by atoms with Gasteiger partial charge >= 0.3 is 0 Å². The minimum atomic E-state index is -0.720. The van der Waals surface area contributed by atoms with Crippen molar-refractivity contribution in [3.63, 3.8) is 0 Å². The van der Waals surface area contributed by atoms with Gasteiger partial charge in [0.15, 0.2) is 0 Å². The highest BCUT2D eigenvalue weighted by molar-refractivity contribution is 5.90. The molecule has 2 fully saturated rings. The number of aromatic nitrogens is 3. The van der Waals surface area contributed by atoms with E-state index >= 15 is 0 Å². The minimum absolute atomic E-state index is 0.136. The molecule has 3 heterocycles. The predicted molar refractivity (Wildman–Crippen MR) is 133 cm³/mol. The quantitative estimate of drug-likeness (QED) is 0.629. The summed E-state index contributed by atoms with van der Waals surface area (Å²) in [4.78, 5) is 32.3. The monoisotopic (exact) mass is 483 g/mol. The highest BCUT2D eigenvalue weighted by Gasteiger charge is 2.45. The van der Waals surface area contributed by atoms with Gasteiger partial charge in [-0.2, -0.15) is 0 Å². The second-order valence-electron chi connectivity index (χ2n) is 10.6. The van der Waals surface area contributed by atoms with Crippen molar-refractivity contribution in [1.82, 2.24) is 30.1 Å². The van der Waals surface area contributed by atoms with Gasteiger partial charge in [0.05, 0.1) is 18.0 Å². The van der Waals surface area contributed by atoms with Crippen LogP contribution in [0.5, 0.6) is 0 Å². The molecule has 2 aromatic rings. The fraction of sp³-hybridized carbons (Fsp3) is 0.600. The van der Waals surface area contributed by atoms with Gasteiger partial charge in [0.1, 0.15) is 12.1 Å². The van der Waals surface area contributed by atoms with Crippen molar-refractivity contribution in [1.29, 1.82) is 0 Å². The minimum Gasteiger partial charge on any atom is -0.391 e. The summed E-state index contributed by atoms with van der Waals surface area (Å²) < 4.78 is 1.63. The van der Waals surface area contributed by atoms with Crippen LogP contribution in [0.3, 0.4) is 0 Å². The molecular weight excluding hydrogens is 446 g/mol. The average molecular weight is 484 g/mol. The molecule has 35 heavy (non-hydrogen) atoms. The largest absolute Gasteiger partial charge is 0.391 e. The van der Waals surface area contributed by atoms with Crippen LogP contribution in [0.1, 0.15) is 38.9 Å². The lowest BCUT2D eigenvalue weighted by molar-refractivity contribution is -0.144. The van der Waals surface area contributed by atoms with Crippen molar-refractivity contribution in [3.05, 3.63) is 42.2 Å². The van der Waals surface area contributed by atoms with Crippen molar-refractivity contribution in [3.8, 4) is 0 Å². The Morgan fingerprint density at radius 3 is 2.46 bits per heavy atom. The van der Waals surface area contributed by atoms with E-state index in [1.54, 1.807) is 11.7 Å². The van der Waals surface area contributed by atoms with Crippen LogP contribution in [-0.2, 0) is 16.1 Å². The molecule has 10 nitrogen and oxygen atoms in total. The number of aliphatic hydroxyl groups is 1. The molecular formula is C25H37N7O3. The Morgan fingerprint density at radius 1 is 1.14 bits per heavy atom. The Kier molecular flexibility index (Phi) is 7.42. The number of amides is 2. The lowest BCUT2D eigenvalue weighted by Gasteiger charge is -2.35. The summed E-state index contributed by atoms with van der Waals surface area (Å²) in [6.07, 6.45) is 1.36. The van der Waals surface area contributed by atoms with Gasteiger partial charge in [-0.3, -0.25) is 14.5 Å². The molecule has 0 aliphatic carbocycles. The van der Waals surface area contributed by atoms with Crippen LogP contribution in [0, 0.1) is 5.41 Å². The molecule has 0 bridgehead atoms.